The molecular weight excluding hydrogens is 175 g/mol. The Hall–Kier alpha value is -0.300. The molecule has 0 heterocycles. The highest BCUT2D eigenvalue weighted by Crippen LogP contribution is 2.85. The van der Waals surface area contributed by atoms with Crippen molar-refractivity contribution in [3.63, 3.8) is 0 Å². The third-order valence-electron chi connectivity index (χ3n) is 3.87. The van der Waals surface area contributed by atoms with Crippen LogP contribution in [-0.2, 0) is 0 Å². The van der Waals surface area contributed by atoms with Gasteiger partial charge in [0, 0.05) is 0 Å². The molecule has 0 aromatic heterocycles. The molecule has 2 fully saturated rings. The van der Waals surface area contributed by atoms with Crippen molar-refractivity contribution < 1.29 is 4.39 Å². The molecule has 0 radical (unpaired) electrons. The minimum absolute atomic E-state index is 0.337. The van der Waals surface area contributed by atoms with Crippen LogP contribution in [0, 0.1) is 10.8 Å². The molecule has 0 amide bonds. The average Bonchev–Trinajstić information content (AvgIpc) is 2.44. The normalized spacial score (nSPS) is 59.8. The van der Waals surface area contributed by atoms with Gasteiger partial charge in [-0.25, -0.2) is 4.39 Å². The van der Waals surface area contributed by atoms with Crippen LogP contribution in [0.3, 0.4) is 0 Å². The van der Waals surface area contributed by atoms with Gasteiger partial charge in [-0.3, -0.25) is 0 Å². The third-order valence-corrected chi connectivity index (χ3v) is 4.54. The van der Waals surface area contributed by atoms with Crippen LogP contribution in [0.15, 0.2) is 24.3 Å². The highest BCUT2D eigenvalue weighted by molar-refractivity contribution is 6.27. The van der Waals surface area contributed by atoms with Gasteiger partial charge in [-0.15, -0.1) is 0 Å². The molecule has 0 saturated heterocycles. The van der Waals surface area contributed by atoms with E-state index in [1.54, 1.807) is 0 Å². The molecule has 12 heavy (non-hydrogen) atoms. The Morgan fingerprint density at radius 1 is 1.08 bits per heavy atom. The van der Waals surface area contributed by atoms with E-state index in [-0.39, 0.29) is 10.8 Å². The van der Waals surface area contributed by atoms with Gasteiger partial charge in [-0.1, -0.05) is 42.3 Å². The van der Waals surface area contributed by atoms with Crippen molar-refractivity contribution >= 4 is 11.6 Å². The maximum atomic E-state index is 13.9. The fourth-order valence-corrected chi connectivity index (χ4v) is 3.78. The Morgan fingerprint density at radius 3 is 2.08 bits per heavy atom. The van der Waals surface area contributed by atoms with Crippen molar-refractivity contribution in [1.82, 2.24) is 0 Å². The number of halogens is 2. The van der Waals surface area contributed by atoms with Crippen molar-refractivity contribution in [2.75, 3.05) is 0 Å². The Bertz CT molecular complexity index is 277. The van der Waals surface area contributed by atoms with Crippen LogP contribution in [-0.4, -0.2) is 5.13 Å². The summed E-state index contributed by atoms with van der Waals surface area (Å²) in [5.41, 5.74) is -0.674. The first-order chi connectivity index (χ1) is 5.66. The zero-order valence-corrected chi connectivity index (χ0v) is 7.44. The van der Waals surface area contributed by atoms with Crippen LogP contribution in [0.4, 0.5) is 4.39 Å². The molecule has 3 aliphatic rings. The molecule has 64 valence electrons. The van der Waals surface area contributed by atoms with E-state index in [1.165, 1.54) is 0 Å². The summed E-state index contributed by atoms with van der Waals surface area (Å²) in [6.07, 6.45) is 10.7. The van der Waals surface area contributed by atoms with Gasteiger partial charge >= 0.3 is 0 Å². The lowest BCUT2D eigenvalue weighted by Crippen LogP contribution is -2.07. The molecule has 0 N–H and O–H groups in total. The van der Waals surface area contributed by atoms with E-state index in [4.69, 9.17) is 11.6 Å². The molecule has 0 spiro atoms. The van der Waals surface area contributed by atoms with Crippen LogP contribution in [0.1, 0.15) is 19.3 Å². The van der Waals surface area contributed by atoms with E-state index in [0.29, 0.717) is 0 Å². The second-order valence-corrected chi connectivity index (χ2v) is 4.61. The number of hydrogen-bond donors (Lipinski definition) is 0. The second-order valence-electron chi connectivity index (χ2n) is 4.09. The Labute approximate surface area is 76.1 Å². The molecule has 0 nitrogen and oxygen atoms in total. The summed E-state index contributed by atoms with van der Waals surface area (Å²) in [6, 6.07) is 0. The standard InChI is InChI=1S/C10H10ClF/c11-10(12)8-4-1-2-5-9(8,10)7-3-6-8/h1-2,4-5H,3,6-7H2. The zero-order valence-electron chi connectivity index (χ0n) is 6.69. The Morgan fingerprint density at radius 2 is 1.58 bits per heavy atom. The van der Waals surface area contributed by atoms with Crippen molar-refractivity contribution in [3.8, 4) is 0 Å². The van der Waals surface area contributed by atoms with Gasteiger partial charge in [-0.2, -0.15) is 0 Å². The summed E-state index contributed by atoms with van der Waals surface area (Å²) in [7, 11) is 0. The average molecular weight is 185 g/mol. The summed E-state index contributed by atoms with van der Waals surface area (Å²) in [4.78, 5) is 0. The van der Waals surface area contributed by atoms with Gasteiger partial charge in [0.05, 0.1) is 10.8 Å². The zero-order chi connectivity index (χ0) is 8.45. The van der Waals surface area contributed by atoms with E-state index in [0.717, 1.165) is 19.3 Å². The summed E-state index contributed by atoms with van der Waals surface area (Å²) < 4.78 is 13.9. The number of rotatable bonds is 0. The fraction of sp³-hybridized carbons (Fsp3) is 0.600. The van der Waals surface area contributed by atoms with Crippen LogP contribution >= 0.6 is 11.6 Å². The lowest BCUT2D eigenvalue weighted by atomic mass is 9.92. The van der Waals surface area contributed by atoms with Crippen LogP contribution in [0.25, 0.3) is 0 Å². The minimum Gasteiger partial charge on any atom is -0.224 e. The smallest absolute Gasteiger partial charge is 0.203 e. The Balaban J connectivity index is 2.20. The van der Waals surface area contributed by atoms with Crippen molar-refractivity contribution in [3.05, 3.63) is 24.3 Å². The predicted octanol–water partition coefficient (Wildman–Crippen LogP) is 3.19. The quantitative estimate of drug-likeness (QED) is 0.508. The highest BCUT2D eigenvalue weighted by atomic mass is 35.5. The molecule has 3 aliphatic carbocycles. The lowest BCUT2D eigenvalue weighted by Gasteiger charge is -2.09. The molecule has 0 bridgehead atoms. The fourth-order valence-electron chi connectivity index (χ4n) is 3.18. The molecule has 0 aromatic rings. The molecular formula is C10H10ClF. The molecule has 2 heteroatoms. The summed E-state index contributed by atoms with van der Waals surface area (Å²) >= 11 is 5.89. The Kier molecular flexibility index (Phi) is 0.981. The number of alkyl halides is 2. The predicted molar refractivity (Wildman–Crippen MR) is 46.7 cm³/mol. The lowest BCUT2D eigenvalue weighted by molar-refractivity contribution is 0.310. The minimum atomic E-state index is -1.48. The maximum Gasteiger partial charge on any atom is 0.203 e. The maximum absolute atomic E-state index is 13.9. The first-order valence-corrected chi connectivity index (χ1v) is 4.79. The number of allylic oxidation sites excluding steroid dienone is 4. The molecule has 3 rings (SSSR count). The van der Waals surface area contributed by atoms with E-state index in [9.17, 15) is 4.39 Å². The van der Waals surface area contributed by atoms with Crippen molar-refractivity contribution in [2.45, 2.75) is 24.4 Å². The third kappa shape index (κ3) is 0.422. The molecule has 2 unspecified atom stereocenters. The van der Waals surface area contributed by atoms with Gasteiger partial charge in [0.2, 0.25) is 5.13 Å². The van der Waals surface area contributed by atoms with E-state index in [2.05, 4.69) is 0 Å². The van der Waals surface area contributed by atoms with Gasteiger partial charge in [0.25, 0.3) is 0 Å². The van der Waals surface area contributed by atoms with Crippen molar-refractivity contribution in [1.29, 1.82) is 0 Å². The van der Waals surface area contributed by atoms with Gasteiger partial charge in [0.15, 0.2) is 0 Å². The second kappa shape index (κ2) is 1.65. The van der Waals surface area contributed by atoms with Gasteiger partial charge < -0.3 is 0 Å². The van der Waals surface area contributed by atoms with Crippen molar-refractivity contribution in [2.24, 2.45) is 10.8 Å². The molecule has 2 atom stereocenters. The van der Waals surface area contributed by atoms with Crippen LogP contribution in [0.5, 0.6) is 0 Å². The largest absolute Gasteiger partial charge is 0.224 e. The monoisotopic (exact) mass is 184 g/mol. The van der Waals surface area contributed by atoms with E-state index < -0.39 is 5.13 Å². The number of hydrogen-bond acceptors (Lipinski definition) is 0. The topological polar surface area (TPSA) is 0 Å². The molecule has 0 aromatic carbocycles. The van der Waals surface area contributed by atoms with Gasteiger partial charge in [-0.05, 0) is 12.8 Å². The summed E-state index contributed by atoms with van der Waals surface area (Å²) in [5, 5.41) is -1.48. The van der Waals surface area contributed by atoms with E-state index >= 15 is 0 Å². The summed E-state index contributed by atoms with van der Waals surface area (Å²) in [5.74, 6) is 0. The van der Waals surface area contributed by atoms with Crippen LogP contribution < -0.4 is 0 Å². The van der Waals surface area contributed by atoms with Crippen LogP contribution in [0.2, 0.25) is 0 Å². The first kappa shape index (κ1) is 7.14. The highest BCUT2D eigenvalue weighted by Gasteiger charge is 2.88. The van der Waals surface area contributed by atoms with E-state index in [1.807, 2.05) is 24.3 Å². The van der Waals surface area contributed by atoms with Gasteiger partial charge in [0.1, 0.15) is 0 Å². The first-order valence-electron chi connectivity index (χ1n) is 4.41. The molecule has 0 aliphatic heterocycles. The SMILES string of the molecule is FC1(Cl)C23C=CC=CC12CCC3. The summed E-state index contributed by atoms with van der Waals surface area (Å²) in [6.45, 7) is 0. The molecule has 2 saturated carbocycles.